The van der Waals surface area contributed by atoms with Gasteiger partial charge in [0.15, 0.2) is 0 Å². The van der Waals surface area contributed by atoms with Crippen LogP contribution in [0.2, 0.25) is 0 Å². The molecule has 3 rings (SSSR count). The molecule has 0 saturated carbocycles. The smallest absolute Gasteiger partial charge is 0.321 e. The van der Waals surface area contributed by atoms with E-state index in [0.29, 0.717) is 6.54 Å². The van der Waals surface area contributed by atoms with E-state index in [9.17, 15) is 4.79 Å². The van der Waals surface area contributed by atoms with Crippen LogP contribution in [0.3, 0.4) is 0 Å². The second-order valence-electron chi connectivity index (χ2n) is 5.31. The van der Waals surface area contributed by atoms with Crippen LogP contribution >= 0.6 is 11.5 Å². The fourth-order valence-corrected chi connectivity index (χ4v) is 2.88. The molecule has 2 amide bonds. The lowest BCUT2D eigenvalue weighted by molar-refractivity contribution is 0.0894. The Morgan fingerprint density at radius 3 is 2.91 bits per heavy atom. The number of aromatic nitrogens is 2. The van der Waals surface area contributed by atoms with E-state index < -0.39 is 0 Å². The van der Waals surface area contributed by atoms with Crippen LogP contribution in [0, 0.1) is 0 Å². The van der Waals surface area contributed by atoms with Crippen molar-refractivity contribution in [3.8, 4) is 11.3 Å². The molecule has 0 bridgehead atoms. The monoisotopic (exact) mass is 318 g/mol. The highest BCUT2D eigenvalue weighted by Crippen LogP contribution is 2.20. The molecule has 0 aliphatic carbocycles. The molecule has 6 nitrogen and oxygen atoms in total. The molecular weight excluding hydrogens is 300 g/mol. The summed E-state index contributed by atoms with van der Waals surface area (Å²) in [7, 11) is 1.78. The van der Waals surface area contributed by atoms with Gasteiger partial charge in [-0.2, -0.15) is 0 Å². The first-order valence-corrected chi connectivity index (χ1v) is 8.07. The van der Waals surface area contributed by atoms with Crippen molar-refractivity contribution >= 4 is 23.3 Å². The predicted molar refractivity (Wildman–Crippen MR) is 86.0 cm³/mol. The Hall–Kier alpha value is -1.99. The zero-order chi connectivity index (χ0) is 15.4. The number of benzene rings is 1. The largest absolute Gasteiger partial charge is 0.376 e. The number of nitrogens with one attached hydrogen (secondary N) is 1. The Kier molecular flexibility index (Phi) is 4.65. The van der Waals surface area contributed by atoms with E-state index in [2.05, 4.69) is 14.9 Å². The molecule has 2 aromatic rings. The molecule has 2 heterocycles. The van der Waals surface area contributed by atoms with Gasteiger partial charge in [-0.1, -0.05) is 16.6 Å². The molecule has 116 valence electrons. The molecule has 1 unspecified atom stereocenters. The molecule has 1 aromatic carbocycles. The van der Waals surface area contributed by atoms with Crippen LogP contribution in [-0.4, -0.2) is 46.8 Å². The van der Waals surface area contributed by atoms with Crippen molar-refractivity contribution in [2.75, 3.05) is 25.5 Å². The third-order valence-electron chi connectivity index (χ3n) is 3.64. The molecule has 22 heavy (non-hydrogen) atoms. The zero-order valence-corrected chi connectivity index (χ0v) is 13.2. The summed E-state index contributed by atoms with van der Waals surface area (Å²) in [5, 5.41) is 8.80. The first-order chi connectivity index (χ1) is 10.7. The second-order valence-corrected chi connectivity index (χ2v) is 5.92. The fraction of sp³-hybridized carbons (Fsp3) is 0.400. The van der Waals surface area contributed by atoms with E-state index >= 15 is 0 Å². The lowest BCUT2D eigenvalue weighted by Gasteiger charge is -2.21. The first kappa shape index (κ1) is 14.9. The number of carbonyl (C=O) groups excluding carboxylic acids is 1. The van der Waals surface area contributed by atoms with Crippen LogP contribution in [0.1, 0.15) is 12.8 Å². The number of urea groups is 1. The Balaban J connectivity index is 1.56. The van der Waals surface area contributed by atoms with Crippen LogP contribution in [0.25, 0.3) is 11.3 Å². The van der Waals surface area contributed by atoms with E-state index in [1.807, 2.05) is 29.6 Å². The van der Waals surface area contributed by atoms with Crippen molar-refractivity contribution in [2.45, 2.75) is 18.9 Å². The molecule has 0 radical (unpaired) electrons. The number of rotatable bonds is 4. The highest BCUT2D eigenvalue weighted by Gasteiger charge is 2.20. The SMILES string of the molecule is CN(CC1CCCO1)C(=O)Nc1ccc(-c2csnn2)cc1. The molecule has 1 aliphatic rings. The normalized spacial score (nSPS) is 17.4. The highest BCUT2D eigenvalue weighted by molar-refractivity contribution is 7.03. The summed E-state index contributed by atoms with van der Waals surface area (Å²) in [4.78, 5) is 13.8. The number of amides is 2. The standard InChI is InChI=1S/C15H18N4O2S/c1-19(9-13-3-2-8-21-13)15(20)16-12-6-4-11(5-7-12)14-10-22-18-17-14/h4-7,10,13H,2-3,8-9H2,1H3,(H,16,20). The van der Waals surface area contributed by atoms with Gasteiger partial charge in [0.2, 0.25) is 0 Å². The maximum absolute atomic E-state index is 12.2. The average Bonchev–Trinajstić information content (AvgIpc) is 3.21. The van der Waals surface area contributed by atoms with Crippen LogP contribution in [-0.2, 0) is 4.74 Å². The number of hydrogen-bond acceptors (Lipinski definition) is 5. The topological polar surface area (TPSA) is 67.3 Å². The van der Waals surface area contributed by atoms with Crippen LogP contribution < -0.4 is 5.32 Å². The number of nitrogens with zero attached hydrogens (tertiary/aromatic N) is 3. The summed E-state index contributed by atoms with van der Waals surface area (Å²) >= 11 is 1.32. The highest BCUT2D eigenvalue weighted by atomic mass is 32.1. The van der Waals surface area contributed by atoms with Gasteiger partial charge in [-0.05, 0) is 36.5 Å². The zero-order valence-electron chi connectivity index (χ0n) is 12.4. The number of hydrogen-bond donors (Lipinski definition) is 1. The Morgan fingerprint density at radius 1 is 1.45 bits per heavy atom. The summed E-state index contributed by atoms with van der Waals surface area (Å²) in [6.45, 7) is 1.42. The lowest BCUT2D eigenvalue weighted by atomic mass is 10.1. The van der Waals surface area contributed by atoms with Crippen LogP contribution in [0.15, 0.2) is 29.6 Å². The minimum atomic E-state index is -0.126. The number of carbonyl (C=O) groups is 1. The number of ether oxygens (including phenoxy) is 1. The van der Waals surface area contributed by atoms with Gasteiger partial charge >= 0.3 is 6.03 Å². The summed E-state index contributed by atoms with van der Waals surface area (Å²) < 4.78 is 9.39. The summed E-state index contributed by atoms with van der Waals surface area (Å²) in [6, 6.07) is 7.45. The molecule has 1 fully saturated rings. The van der Waals surface area contributed by atoms with E-state index in [0.717, 1.165) is 36.4 Å². The quantitative estimate of drug-likeness (QED) is 0.941. The van der Waals surface area contributed by atoms with Crippen LogP contribution in [0.5, 0.6) is 0 Å². The van der Waals surface area contributed by atoms with Crippen molar-refractivity contribution in [2.24, 2.45) is 0 Å². The average molecular weight is 318 g/mol. The van der Waals surface area contributed by atoms with Gasteiger partial charge in [0.25, 0.3) is 0 Å². The van der Waals surface area contributed by atoms with Gasteiger partial charge in [0.05, 0.1) is 6.10 Å². The van der Waals surface area contributed by atoms with Crippen molar-refractivity contribution in [1.82, 2.24) is 14.5 Å². The van der Waals surface area contributed by atoms with Crippen molar-refractivity contribution in [3.63, 3.8) is 0 Å². The van der Waals surface area contributed by atoms with E-state index in [1.54, 1.807) is 11.9 Å². The van der Waals surface area contributed by atoms with Gasteiger partial charge in [-0.15, -0.1) is 5.10 Å². The summed E-state index contributed by atoms with van der Waals surface area (Å²) in [5.41, 5.74) is 2.59. The lowest BCUT2D eigenvalue weighted by Crippen LogP contribution is -2.37. The summed E-state index contributed by atoms with van der Waals surface area (Å²) in [5.74, 6) is 0. The summed E-state index contributed by atoms with van der Waals surface area (Å²) in [6.07, 6.45) is 2.26. The number of anilines is 1. The maximum Gasteiger partial charge on any atom is 0.321 e. The predicted octanol–water partition coefficient (Wildman–Crippen LogP) is 2.85. The third kappa shape index (κ3) is 3.61. The molecule has 1 atom stereocenters. The Bertz CT molecular complexity index is 609. The van der Waals surface area contributed by atoms with Crippen molar-refractivity contribution in [1.29, 1.82) is 0 Å². The van der Waals surface area contributed by atoms with Gasteiger partial charge in [-0.25, -0.2) is 4.79 Å². The van der Waals surface area contributed by atoms with Crippen molar-refractivity contribution < 1.29 is 9.53 Å². The van der Waals surface area contributed by atoms with Crippen molar-refractivity contribution in [3.05, 3.63) is 29.6 Å². The maximum atomic E-state index is 12.2. The third-order valence-corrected chi connectivity index (χ3v) is 4.14. The molecule has 1 aliphatic heterocycles. The molecule has 7 heteroatoms. The van der Waals surface area contributed by atoms with E-state index in [1.165, 1.54) is 11.5 Å². The Labute approximate surface area is 133 Å². The molecule has 0 spiro atoms. The molecular formula is C15H18N4O2S. The minimum Gasteiger partial charge on any atom is -0.376 e. The van der Waals surface area contributed by atoms with E-state index in [4.69, 9.17) is 4.74 Å². The minimum absolute atomic E-state index is 0.126. The van der Waals surface area contributed by atoms with Gasteiger partial charge in [0.1, 0.15) is 5.69 Å². The van der Waals surface area contributed by atoms with Gasteiger partial charge in [0, 0.05) is 36.8 Å². The van der Waals surface area contributed by atoms with Gasteiger partial charge < -0.3 is 15.0 Å². The molecule has 1 saturated heterocycles. The van der Waals surface area contributed by atoms with E-state index in [-0.39, 0.29) is 12.1 Å². The molecule has 1 N–H and O–H groups in total. The van der Waals surface area contributed by atoms with Crippen LogP contribution in [0.4, 0.5) is 10.5 Å². The second kappa shape index (κ2) is 6.85. The molecule has 1 aromatic heterocycles. The Morgan fingerprint density at radius 2 is 2.27 bits per heavy atom. The first-order valence-electron chi connectivity index (χ1n) is 7.23. The van der Waals surface area contributed by atoms with Gasteiger partial charge in [-0.3, -0.25) is 0 Å². The fourth-order valence-electron chi connectivity index (χ4n) is 2.41. The number of likely N-dealkylation sites (N-methyl/N-ethyl adjacent to an activating group) is 1.